The number of nitrogens with one attached hydrogen (secondary N) is 1. The van der Waals surface area contributed by atoms with Gasteiger partial charge in [-0.05, 0) is 36.5 Å². The molecule has 2 heterocycles. The smallest absolute Gasteiger partial charge is 0.195 e. The van der Waals surface area contributed by atoms with Gasteiger partial charge in [0, 0.05) is 12.0 Å². The maximum Gasteiger partial charge on any atom is 0.195 e. The van der Waals surface area contributed by atoms with E-state index in [-0.39, 0.29) is 6.10 Å². The van der Waals surface area contributed by atoms with Crippen LogP contribution in [0.1, 0.15) is 18.7 Å². The Balaban J connectivity index is 1.54. The number of rotatable bonds is 5. The van der Waals surface area contributed by atoms with Crippen molar-refractivity contribution in [2.24, 2.45) is 0 Å². The van der Waals surface area contributed by atoms with Crippen molar-refractivity contribution in [3.05, 3.63) is 53.1 Å². The van der Waals surface area contributed by atoms with Gasteiger partial charge in [-0.15, -0.1) is 0 Å². The van der Waals surface area contributed by atoms with E-state index in [1.807, 2.05) is 28.8 Å². The van der Waals surface area contributed by atoms with Crippen LogP contribution in [-0.4, -0.2) is 27.5 Å². The summed E-state index contributed by atoms with van der Waals surface area (Å²) in [6.45, 7) is 1.93. The third kappa shape index (κ3) is 3.07. The maximum absolute atomic E-state index is 6.03. The predicted octanol–water partition coefficient (Wildman–Crippen LogP) is 3.85. The fraction of sp³-hybridized carbons (Fsp3) is 0.333. The molecule has 0 spiro atoms. The summed E-state index contributed by atoms with van der Waals surface area (Å²) in [6.07, 6.45) is 2.39. The molecule has 3 aromatic rings. The summed E-state index contributed by atoms with van der Waals surface area (Å²) in [4.78, 5) is 0. The molecular weight excluding hydrogens is 322 g/mol. The van der Waals surface area contributed by atoms with Gasteiger partial charge in [-0.3, -0.25) is 9.67 Å². The second-order valence-electron chi connectivity index (χ2n) is 5.96. The van der Waals surface area contributed by atoms with Crippen molar-refractivity contribution >= 4 is 23.0 Å². The minimum atomic E-state index is 0.214. The zero-order valence-electron chi connectivity index (χ0n) is 13.3. The van der Waals surface area contributed by atoms with Gasteiger partial charge in [0.15, 0.2) is 10.6 Å². The molecule has 1 aliphatic rings. The second kappa shape index (κ2) is 6.75. The SMILES string of the molecule is S=c1[nH]nc(COc2cccc3ccccc23)n1C[C@H]1CCCO1. The lowest BCUT2D eigenvalue weighted by molar-refractivity contribution is 0.0949. The van der Waals surface area contributed by atoms with Crippen molar-refractivity contribution in [2.45, 2.75) is 32.1 Å². The van der Waals surface area contributed by atoms with Crippen LogP contribution in [0.3, 0.4) is 0 Å². The molecule has 0 amide bonds. The summed E-state index contributed by atoms with van der Waals surface area (Å²) in [6, 6.07) is 14.2. The largest absolute Gasteiger partial charge is 0.485 e. The van der Waals surface area contributed by atoms with Gasteiger partial charge in [0.25, 0.3) is 0 Å². The predicted molar refractivity (Wildman–Crippen MR) is 94.7 cm³/mol. The van der Waals surface area contributed by atoms with E-state index in [2.05, 4.69) is 28.4 Å². The molecule has 1 atom stereocenters. The first-order chi connectivity index (χ1) is 11.8. The van der Waals surface area contributed by atoms with Gasteiger partial charge in [-0.2, -0.15) is 5.10 Å². The number of aromatic nitrogens is 3. The highest BCUT2D eigenvalue weighted by atomic mass is 32.1. The summed E-state index contributed by atoms with van der Waals surface area (Å²) in [5.74, 6) is 1.65. The fourth-order valence-corrected chi connectivity index (χ4v) is 3.33. The Morgan fingerprint density at radius 3 is 3.00 bits per heavy atom. The monoisotopic (exact) mass is 341 g/mol. The van der Waals surface area contributed by atoms with Gasteiger partial charge in [0.05, 0.1) is 12.6 Å². The summed E-state index contributed by atoms with van der Waals surface area (Å²) in [5, 5.41) is 9.44. The Morgan fingerprint density at radius 2 is 2.12 bits per heavy atom. The van der Waals surface area contributed by atoms with Crippen molar-refractivity contribution in [3.8, 4) is 5.75 Å². The van der Waals surface area contributed by atoms with Gasteiger partial charge in [-0.25, -0.2) is 0 Å². The van der Waals surface area contributed by atoms with Crippen LogP contribution in [0.25, 0.3) is 10.8 Å². The van der Waals surface area contributed by atoms with Gasteiger partial charge >= 0.3 is 0 Å². The fourth-order valence-electron chi connectivity index (χ4n) is 3.10. The van der Waals surface area contributed by atoms with Crippen LogP contribution >= 0.6 is 12.2 Å². The minimum absolute atomic E-state index is 0.214. The number of hydrogen-bond donors (Lipinski definition) is 1. The average molecular weight is 341 g/mol. The van der Waals surface area contributed by atoms with Crippen LogP contribution in [-0.2, 0) is 17.9 Å². The number of ether oxygens (including phenoxy) is 2. The first-order valence-corrected chi connectivity index (χ1v) is 8.58. The Labute approximate surface area is 145 Å². The molecule has 0 radical (unpaired) electrons. The van der Waals surface area contributed by atoms with E-state index in [4.69, 9.17) is 21.7 Å². The van der Waals surface area contributed by atoms with Crippen molar-refractivity contribution in [1.82, 2.24) is 14.8 Å². The average Bonchev–Trinajstić information content (AvgIpc) is 3.24. The summed E-state index contributed by atoms with van der Waals surface area (Å²) < 4.78 is 14.3. The van der Waals surface area contributed by atoms with Crippen molar-refractivity contribution in [3.63, 3.8) is 0 Å². The first kappa shape index (κ1) is 15.4. The van der Waals surface area contributed by atoms with Crippen LogP contribution < -0.4 is 4.74 Å². The molecule has 0 saturated carbocycles. The van der Waals surface area contributed by atoms with Gasteiger partial charge < -0.3 is 9.47 Å². The molecular formula is C18H19N3O2S. The highest BCUT2D eigenvalue weighted by Crippen LogP contribution is 2.26. The van der Waals surface area contributed by atoms with E-state index in [1.54, 1.807) is 0 Å². The highest BCUT2D eigenvalue weighted by Gasteiger charge is 2.18. The lowest BCUT2D eigenvalue weighted by Crippen LogP contribution is -2.18. The molecule has 124 valence electrons. The molecule has 1 fully saturated rings. The molecule has 1 aromatic heterocycles. The van der Waals surface area contributed by atoms with Crippen molar-refractivity contribution < 1.29 is 9.47 Å². The number of aromatic amines is 1. The van der Waals surface area contributed by atoms with Crippen LogP contribution in [0.4, 0.5) is 0 Å². The third-order valence-corrected chi connectivity index (χ3v) is 4.67. The number of benzene rings is 2. The molecule has 0 unspecified atom stereocenters. The number of hydrogen-bond acceptors (Lipinski definition) is 4. The number of nitrogens with zero attached hydrogens (tertiary/aromatic N) is 2. The van der Waals surface area contributed by atoms with E-state index in [9.17, 15) is 0 Å². The van der Waals surface area contributed by atoms with E-state index in [1.165, 1.54) is 0 Å². The lowest BCUT2D eigenvalue weighted by atomic mass is 10.1. The summed E-state index contributed by atoms with van der Waals surface area (Å²) >= 11 is 5.35. The highest BCUT2D eigenvalue weighted by molar-refractivity contribution is 7.71. The molecule has 6 heteroatoms. The molecule has 2 aromatic carbocycles. The first-order valence-electron chi connectivity index (χ1n) is 8.17. The van der Waals surface area contributed by atoms with Crippen molar-refractivity contribution in [2.75, 3.05) is 6.61 Å². The van der Waals surface area contributed by atoms with E-state index >= 15 is 0 Å². The molecule has 0 bridgehead atoms. The molecule has 5 nitrogen and oxygen atoms in total. The Bertz CT molecular complexity index is 891. The van der Waals surface area contributed by atoms with Crippen LogP contribution in [0.5, 0.6) is 5.75 Å². The zero-order valence-corrected chi connectivity index (χ0v) is 14.1. The van der Waals surface area contributed by atoms with Crippen LogP contribution in [0, 0.1) is 4.77 Å². The molecule has 1 aliphatic heterocycles. The van der Waals surface area contributed by atoms with E-state index < -0.39 is 0 Å². The topological polar surface area (TPSA) is 52.1 Å². The molecule has 4 rings (SSSR count). The molecule has 1 N–H and O–H groups in total. The zero-order chi connectivity index (χ0) is 16.4. The molecule has 0 aliphatic carbocycles. The van der Waals surface area contributed by atoms with Gasteiger partial charge in [-0.1, -0.05) is 36.4 Å². The van der Waals surface area contributed by atoms with E-state index in [0.717, 1.165) is 48.3 Å². The number of H-pyrrole nitrogens is 1. The minimum Gasteiger partial charge on any atom is -0.485 e. The third-order valence-electron chi connectivity index (χ3n) is 4.35. The van der Waals surface area contributed by atoms with Crippen LogP contribution in [0.15, 0.2) is 42.5 Å². The summed E-state index contributed by atoms with van der Waals surface area (Å²) in [7, 11) is 0. The Kier molecular flexibility index (Phi) is 4.32. The van der Waals surface area contributed by atoms with Gasteiger partial charge in [0.1, 0.15) is 12.4 Å². The second-order valence-corrected chi connectivity index (χ2v) is 6.34. The Morgan fingerprint density at radius 1 is 1.25 bits per heavy atom. The van der Waals surface area contributed by atoms with Crippen molar-refractivity contribution in [1.29, 1.82) is 0 Å². The van der Waals surface area contributed by atoms with Crippen LogP contribution in [0.2, 0.25) is 0 Å². The Hall–Kier alpha value is -2.18. The quantitative estimate of drug-likeness (QED) is 0.716. The lowest BCUT2D eigenvalue weighted by Gasteiger charge is -2.13. The molecule has 1 saturated heterocycles. The van der Waals surface area contributed by atoms with E-state index in [0.29, 0.717) is 11.4 Å². The summed E-state index contributed by atoms with van der Waals surface area (Å²) in [5.41, 5.74) is 0. The molecule has 24 heavy (non-hydrogen) atoms. The normalized spacial score (nSPS) is 17.4. The van der Waals surface area contributed by atoms with Gasteiger partial charge in [0.2, 0.25) is 0 Å². The number of fused-ring (bicyclic) bond motifs is 1. The standard InChI is InChI=1S/C18H19N3O2S/c24-18-20-19-17(21(18)11-14-7-4-10-22-14)12-23-16-9-3-6-13-5-1-2-8-15(13)16/h1-3,5-6,8-9,14H,4,7,10-12H2,(H,20,24)/t14-/m1/s1. The maximum atomic E-state index is 6.03.